The zero-order valence-corrected chi connectivity index (χ0v) is 19.1. The highest BCUT2D eigenvalue weighted by Crippen LogP contribution is 2.19. The van der Waals surface area contributed by atoms with Crippen molar-refractivity contribution >= 4 is 16.9 Å². The number of hydrogen-bond donors (Lipinski definition) is 1. The fourth-order valence-corrected chi connectivity index (χ4v) is 3.85. The largest absolute Gasteiger partial charge is 0.497 e. The molecule has 0 atom stereocenters. The van der Waals surface area contributed by atoms with Crippen molar-refractivity contribution in [2.45, 2.75) is 26.3 Å². The third-order valence-electron chi connectivity index (χ3n) is 5.66. The van der Waals surface area contributed by atoms with Crippen LogP contribution in [-0.4, -0.2) is 35.7 Å². The highest BCUT2D eigenvalue weighted by molar-refractivity contribution is 5.79. The Labute approximate surface area is 194 Å². The molecule has 0 aliphatic rings. The highest BCUT2D eigenvalue weighted by atomic mass is 16.5. The first-order valence-corrected chi connectivity index (χ1v) is 11.2. The van der Waals surface area contributed by atoms with Crippen molar-refractivity contribution in [2.24, 2.45) is 0 Å². The molecule has 0 saturated carbocycles. The summed E-state index contributed by atoms with van der Waals surface area (Å²) < 4.78 is 13.3. The highest BCUT2D eigenvalue weighted by Gasteiger charge is 2.12. The van der Waals surface area contributed by atoms with Gasteiger partial charge in [0.1, 0.15) is 23.9 Å². The first-order chi connectivity index (χ1) is 16.1. The number of benzene rings is 3. The molecule has 33 heavy (non-hydrogen) atoms. The summed E-state index contributed by atoms with van der Waals surface area (Å²) in [5, 5.41) is 3.04. The summed E-state index contributed by atoms with van der Waals surface area (Å²) in [5.41, 5.74) is 4.20. The molecule has 1 amide bonds. The van der Waals surface area contributed by atoms with Gasteiger partial charge < -0.3 is 19.4 Å². The van der Waals surface area contributed by atoms with Gasteiger partial charge in [-0.3, -0.25) is 4.79 Å². The van der Waals surface area contributed by atoms with Gasteiger partial charge in [-0.1, -0.05) is 36.4 Å². The number of nitrogens with one attached hydrogen (secondary N) is 1. The van der Waals surface area contributed by atoms with E-state index in [0.717, 1.165) is 39.5 Å². The number of aromatic nitrogens is 2. The van der Waals surface area contributed by atoms with Crippen molar-refractivity contribution in [1.82, 2.24) is 14.9 Å². The van der Waals surface area contributed by atoms with Crippen LogP contribution in [-0.2, 0) is 24.2 Å². The van der Waals surface area contributed by atoms with E-state index in [1.807, 2.05) is 73.7 Å². The number of para-hydroxylation sites is 2. The molecule has 0 spiro atoms. The van der Waals surface area contributed by atoms with Gasteiger partial charge in [0.25, 0.3) is 0 Å². The molecule has 0 aliphatic carbocycles. The van der Waals surface area contributed by atoms with E-state index < -0.39 is 0 Å². The molecule has 1 heterocycles. The van der Waals surface area contributed by atoms with Gasteiger partial charge in [-0.05, 0) is 54.4 Å². The molecule has 4 aromatic rings. The maximum atomic E-state index is 12.4. The second kappa shape index (κ2) is 10.7. The number of methoxy groups -OCH3 is 1. The van der Waals surface area contributed by atoms with E-state index in [9.17, 15) is 4.79 Å². The standard InChI is InChI=1S/C27H29N3O3/c1-20-7-3-4-8-21(20)19-27(31)28-16-15-26-29-24-9-5-6-10-25(24)30(26)17-18-33-23-13-11-22(32-2)12-14-23/h3-14H,15-19H2,1-2H3,(H,28,31). The lowest BCUT2D eigenvalue weighted by molar-refractivity contribution is -0.120. The molecule has 0 saturated heterocycles. The number of rotatable bonds is 10. The molecule has 1 aromatic heterocycles. The van der Waals surface area contributed by atoms with Crippen LogP contribution in [0.15, 0.2) is 72.8 Å². The van der Waals surface area contributed by atoms with Crippen LogP contribution >= 0.6 is 0 Å². The predicted octanol–water partition coefficient (Wildman–Crippen LogP) is 4.33. The lowest BCUT2D eigenvalue weighted by Crippen LogP contribution is -2.28. The topological polar surface area (TPSA) is 65.4 Å². The Morgan fingerprint density at radius 2 is 1.70 bits per heavy atom. The molecule has 6 nitrogen and oxygen atoms in total. The SMILES string of the molecule is COc1ccc(OCCn2c(CCNC(=O)Cc3ccccc3C)nc3ccccc32)cc1. The number of fused-ring (bicyclic) bond motifs is 1. The summed E-state index contributed by atoms with van der Waals surface area (Å²) in [7, 11) is 1.65. The summed E-state index contributed by atoms with van der Waals surface area (Å²) in [6.45, 7) is 3.74. The zero-order chi connectivity index (χ0) is 23.0. The van der Waals surface area contributed by atoms with Crippen LogP contribution in [0.2, 0.25) is 0 Å². The molecular weight excluding hydrogens is 414 g/mol. The van der Waals surface area contributed by atoms with E-state index >= 15 is 0 Å². The maximum absolute atomic E-state index is 12.4. The number of imidazole rings is 1. The smallest absolute Gasteiger partial charge is 0.224 e. The van der Waals surface area contributed by atoms with E-state index in [1.165, 1.54) is 0 Å². The van der Waals surface area contributed by atoms with Crippen molar-refractivity contribution < 1.29 is 14.3 Å². The van der Waals surface area contributed by atoms with Crippen LogP contribution < -0.4 is 14.8 Å². The second-order valence-electron chi connectivity index (χ2n) is 7.90. The summed E-state index contributed by atoms with van der Waals surface area (Å²) in [4.78, 5) is 17.2. The number of hydrogen-bond acceptors (Lipinski definition) is 4. The first kappa shape index (κ1) is 22.4. The van der Waals surface area contributed by atoms with E-state index in [1.54, 1.807) is 7.11 Å². The van der Waals surface area contributed by atoms with Crippen molar-refractivity contribution in [3.05, 3.63) is 89.7 Å². The molecule has 3 aromatic carbocycles. The Morgan fingerprint density at radius 3 is 2.48 bits per heavy atom. The summed E-state index contributed by atoms with van der Waals surface area (Å²) >= 11 is 0. The minimum atomic E-state index is 0.0230. The Balaban J connectivity index is 1.37. The molecule has 0 unspecified atom stereocenters. The van der Waals surface area contributed by atoms with Crippen LogP contribution in [0.5, 0.6) is 11.5 Å². The lowest BCUT2D eigenvalue weighted by Gasteiger charge is -2.12. The predicted molar refractivity (Wildman–Crippen MR) is 130 cm³/mol. The second-order valence-corrected chi connectivity index (χ2v) is 7.90. The summed E-state index contributed by atoms with van der Waals surface area (Å²) in [5.74, 6) is 2.56. The summed E-state index contributed by atoms with van der Waals surface area (Å²) in [6.07, 6.45) is 1.04. The molecule has 0 bridgehead atoms. The number of ether oxygens (including phenoxy) is 2. The Morgan fingerprint density at radius 1 is 0.970 bits per heavy atom. The molecule has 170 valence electrons. The molecular formula is C27H29N3O3. The van der Waals surface area contributed by atoms with Crippen molar-refractivity contribution in [3.8, 4) is 11.5 Å². The Hall–Kier alpha value is -3.80. The van der Waals surface area contributed by atoms with Gasteiger partial charge in [0.05, 0.1) is 31.1 Å². The Bertz CT molecular complexity index is 1220. The zero-order valence-electron chi connectivity index (χ0n) is 19.1. The fourth-order valence-electron chi connectivity index (χ4n) is 3.85. The summed E-state index contributed by atoms with van der Waals surface area (Å²) in [6, 6.07) is 23.6. The quantitative estimate of drug-likeness (QED) is 0.396. The molecule has 0 aliphatic heterocycles. The average molecular weight is 444 g/mol. The third kappa shape index (κ3) is 5.71. The monoisotopic (exact) mass is 443 g/mol. The van der Waals surface area contributed by atoms with Crippen LogP contribution in [0, 0.1) is 6.92 Å². The number of amides is 1. The number of aryl methyl sites for hydroxylation is 1. The minimum Gasteiger partial charge on any atom is -0.497 e. The fraction of sp³-hybridized carbons (Fsp3) is 0.259. The van der Waals surface area contributed by atoms with Gasteiger partial charge in [0, 0.05) is 13.0 Å². The normalized spacial score (nSPS) is 10.8. The molecule has 6 heteroatoms. The minimum absolute atomic E-state index is 0.0230. The van der Waals surface area contributed by atoms with Gasteiger partial charge in [0.15, 0.2) is 0 Å². The molecule has 1 N–H and O–H groups in total. The van der Waals surface area contributed by atoms with Gasteiger partial charge in [0.2, 0.25) is 5.91 Å². The maximum Gasteiger partial charge on any atom is 0.224 e. The van der Waals surface area contributed by atoms with Crippen LogP contribution in [0.25, 0.3) is 11.0 Å². The van der Waals surface area contributed by atoms with Crippen molar-refractivity contribution in [2.75, 3.05) is 20.3 Å². The third-order valence-corrected chi connectivity index (χ3v) is 5.66. The number of nitrogens with zero attached hydrogens (tertiary/aromatic N) is 2. The lowest BCUT2D eigenvalue weighted by atomic mass is 10.1. The van der Waals surface area contributed by atoms with E-state index in [0.29, 0.717) is 32.5 Å². The average Bonchev–Trinajstić information content (AvgIpc) is 3.18. The van der Waals surface area contributed by atoms with Crippen LogP contribution in [0.4, 0.5) is 0 Å². The van der Waals surface area contributed by atoms with E-state index in [4.69, 9.17) is 14.5 Å². The molecule has 0 radical (unpaired) electrons. The number of carbonyl (C=O) groups is 1. The van der Waals surface area contributed by atoms with Crippen LogP contribution in [0.1, 0.15) is 17.0 Å². The van der Waals surface area contributed by atoms with Crippen molar-refractivity contribution in [3.63, 3.8) is 0 Å². The van der Waals surface area contributed by atoms with E-state index in [2.05, 4.69) is 16.0 Å². The number of carbonyl (C=O) groups excluding carboxylic acids is 1. The van der Waals surface area contributed by atoms with Gasteiger partial charge in [-0.25, -0.2) is 4.98 Å². The van der Waals surface area contributed by atoms with E-state index in [-0.39, 0.29) is 5.91 Å². The first-order valence-electron chi connectivity index (χ1n) is 11.2. The van der Waals surface area contributed by atoms with Gasteiger partial charge in [-0.15, -0.1) is 0 Å². The molecule has 0 fully saturated rings. The van der Waals surface area contributed by atoms with Gasteiger partial charge >= 0.3 is 0 Å². The Kier molecular flexibility index (Phi) is 7.25. The van der Waals surface area contributed by atoms with Crippen molar-refractivity contribution in [1.29, 1.82) is 0 Å². The molecule has 4 rings (SSSR count). The van der Waals surface area contributed by atoms with Crippen LogP contribution in [0.3, 0.4) is 0 Å². The van der Waals surface area contributed by atoms with Gasteiger partial charge in [-0.2, -0.15) is 0 Å².